The lowest BCUT2D eigenvalue weighted by Gasteiger charge is -2.28. The number of hydrazine groups is 1. The average Bonchev–Trinajstić information content (AvgIpc) is 2.51. The van der Waals surface area contributed by atoms with Crippen LogP contribution in [-0.2, 0) is 6.42 Å². The fraction of sp³-hybridized carbons (Fsp3) is 0.750. The highest BCUT2D eigenvalue weighted by Crippen LogP contribution is 2.25. The van der Waals surface area contributed by atoms with E-state index >= 15 is 0 Å². The monoisotopic (exact) mass is 293 g/mol. The molecule has 0 spiro atoms. The summed E-state index contributed by atoms with van der Waals surface area (Å²) in [5.41, 5.74) is 3.75. The number of hydrogen-bond donors (Lipinski definition) is 2. The van der Waals surface area contributed by atoms with Gasteiger partial charge in [0.15, 0.2) is 0 Å². The van der Waals surface area contributed by atoms with Gasteiger partial charge in [0.2, 0.25) is 0 Å². The summed E-state index contributed by atoms with van der Waals surface area (Å²) < 4.78 is 0. The van der Waals surface area contributed by atoms with Crippen LogP contribution in [0.3, 0.4) is 0 Å². The van der Waals surface area contributed by atoms with Gasteiger partial charge < -0.3 is 10.3 Å². The van der Waals surface area contributed by atoms with Crippen molar-refractivity contribution < 1.29 is 0 Å². The van der Waals surface area contributed by atoms with Crippen LogP contribution in [0.15, 0.2) is 0 Å². The van der Waals surface area contributed by atoms with Crippen LogP contribution in [0.5, 0.6) is 0 Å². The zero-order valence-electron chi connectivity index (χ0n) is 14.2. The van der Waals surface area contributed by atoms with Crippen LogP contribution in [0.25, 0.3) is 0 Å². The number of rotatable bonds is 9. The molecule has 0 atom stereocenters. The second kappa shape index (κ2) is 8.82. The maximum atomic E-state index is 5.62. The van der Waals surface area contributed by atoms with Crippen molar-refractivity contribution in [1.82, 2.24) is 9.97 Å². The van der Waals surface area contributed by atoms with E-state index in [4.69, 9.17) is 10.8 Å². The van der Waals surface area contributed by atoms with E-state index in [1.54, 1.807) is 0 Å². The number of hydrogen-bond acceptors (Lipinski definition) is 5. The molecule has 5 heteroatoms. The van der Waals surface area contributed by atoms with Crippen molar-refractivity contribution in [3.8, 4) is 0 Å². The van der Waals surface area contributed by atoms with Crippen LogP contribution in [0.1, 0.15) is 58.3 Å². The van der Waals surface area contributed by atoms with Crippen LogP contribution in [0.4, 0.5) is 11.6 Å². The van der Waals surface area contributed by atoms with Gasteiger partial charge in [-0.2, -0.15) is 0 Å². The molecule has 5 nitrogen and oxygen atoms in total. The summed E-state index contributed by atoms with van der Waals surface area (Å²) in [5.74, 6) is 8.95. The van der Waals surface area contributed by atoms with E-state index in [0.29, 0.717) is 5.92 Å². The molecule has 21 heavy (non-hydrogen) atoms. The van der Waals surface area contributed by atoms with E-state index in [2.05, 4.69) is 43.0 Å². The highest BCUT2D eigenvalue weighted by atomic mass is 15.3. The van der Waals surface area contributed by atoms with Crippen LogP contribution in [0, 0.1) is 12.8 Å². The summed E-state index contributed by atoms with van der Waals surface area (Å²) in [4.78, 5) is 11.6. The minimum absolute atomic E-state index is 0.697. The predicted molar refractivity (Wildman–Crippen MR) is 90.5 cm³/mol. The van der Waals surface area contributed by atoms with Crippen LogP contribution in [0.2, 0.25) is 0 Å². The van der Waals surface area contributed by atoms with Crippen LogP contribution in [-0.4, -0.2) is 23.1 Å². The van der Waals surface area contributed by atoms with E-state index in [-0.39, 0.29) is 0 Å². The molecule has 0 saturated carbocycles. The fourth-order valence-corrected chi connectivity index (χ4v) is 2.56. The van der Waals surface area contributed by atoms with E-state index in [9.17, 15) is 0 Å². The van der Waals surface area contributed by atoms with Gasteiger partial charge in [0.25, 0.3) is 0 Å². The van der Waals surface area contributed by atoms with Crippen molar-refractivity contribution in [3.05, 3.63) is 11.4 Å². The fourth-order valence-electron chi connectivity index (χ4n) is 2.56. The summed E-state index contributed by atoms with van der Waals surface area (Å²) in [6.07, 6.45) is 4.30. The average molecular weight is 293 g/mol. The Labute approximate surface area is 129 Å². The van der Waals surface area contributed by atoms with Crippen molar-refractivity contribution >= 4 is 11.6 Å². The zero-order valence-corrected chi connectivity index (χ0v) is 14.2. The number of anilines is 2. The molecule has 1 aromatic heterocycles. The van der Waals surface area contributed by atoms with E-state index in [1.165, 1.54) is 12.8 Å². The summed E-state index contributed by atoms with van der Waals surface area (Å²) >= 11 is 0. The largest absolute Gasteiger partial charge is 0.356 e. The number of nitrogens with one attached hydrogen (secondary N) is 1. The van der Waals surface area contributed by atoms with Gasteiger partial charge in [-0.05, 0) is 26.2 Å². The molecule has 0 bridgehead atoms. The molecule has 0 aliphatic carbocycles. The summed E-state index contributed by atoms with van der Waals surface area (Å²) in [6.45, 7) is 12.9. The number of aromatic nitrogens is 2. The maximum Gasteiger partial charge on any atom is 0.148 e. The second-order valence-electron chi connectivity index (χ2n) is 5.55. The van der Waals surface area contributed by atoms with Gasteiger partial charge in [0.1, 0.15) is 17.5 Å². The van der Waals surface area contributed by atoms with Crippen LogP contribution >= 0.6 is 0 Å². The third-order valence-electron chi connectivity index (χ3n) is 4.09. The topological polar surface area (TPSA) is 67.1 Å². The molecule has 1 heterocycles. The van der Waals surface area contributed by atoms with Gasteiger partial charge in [-0.1, -0.05) is 33.6 Å². The SMILES string of the molecule is CCCc1nc(NN)c(C)c(N(CC)CC(CC)CC)n1. The van der Waals surface area contributed by atoms with Crippen molar-refractivity contribution in [1.29, 1.82) is 0 Å². The first-order valence-corrected chi connectivity index (χ1v) is 8.20. The van der Waals surface area contributed by atoms with Gasteiger partial charge in [-0.25, -0.2) is 15.8 Å². The maximum absolute atomic E-state index is 5.62. The van der Waals surface area contributed by atoms with E-state index in [1.807, 2.05) is 6.92 Å². The van der Waals surface area contributed by atoms with Crippen LogP contribution < -0.4 is 16.2 Å². The Morgan fingerprint density at radius 2 is 1.81 bits per heavy atom. The predicted octanol–water partition coefficient (Wildman–Crippen LogP) is 3.29. The molecule has 0 aliphatic rings. The van der Waals surface area contributed by atoms with Crippen molar-refractivity contribution in [2.24, 2.45) is 11.8 Å². The van der Waals surface area contributed by atoms with Crippen molar-refractivity contribution in [2.75, 3.05) is 23.4 Å². The Bertz CT molecular complexity index is 429. The molecule has 120 valence electrons. The zero-order chi connectivity index (χ0) is 15.8. The van der Waals surface area contributed by atoms with Gasteiger partial charge in [-0.3, -0.25) is 0 Å². The minimum Gasteiger partial charge on any atom is -0.356 e. The summed E-state index contributed by atoms with van der Waals surface area (Å²) in [6, 6.07) is 0. The standard InChI is InChI=1S/C16H31N5/c1-6-10-14-18-15(20-17)12(5)16(19-14)21(9-4)11-13(7-2)8-3/h13H,6-11,17H2,1-5H3,(H,18,19,20). The highest BCUT2D eigenvalue weighted by molar-refractivity contribution is 5.58. The Hall–Kier alpha value is -1.36. The van der Waals surface area contributed by atoms with Crippen molar-refractivity contribution in [3.63, 3.8) is 0 Å². The molecule has 0 aromatic carbocycles. The lowest BCUT2D eigenvalue weighted by molar-refractivity contribution is 0.483. The number of nitrogens with two attached hydrogens (primary N) is 1. The molecule has 0 aliphatic heterocycles. The quantitative estimate of drug-likeness (QED) is 0.540. The smallest absolute Gasteiger partial charge is 0.148 e. The van der Waals surface area contributed by atoms with Gasteiger partial charge in [0.05, 0.1) is 0 Å². The lowest BCUT2D eigenvalue weighted by atomic mass is 10.0. The number of nitrogens with zero attached hydrogens (tertiary/aromatic N) is 3. The van der Waals surface area contributed by atoms with Crippen molar-refractivity contribution in [2.45, 2.75) is 60.3 Å². The molecule has 1 rings (SSSR count). The molecule has 3 N–H and O–H groups in total. The van der Waals surface area contributed by atoms with Gasteiger partial charge in [0, 0.05) is 25.1 Å². The Balaban J connectivity index is 3.14. The molecule has 0 unspecified atom stereocenters. The molecule has 0 amide bonds. The minimum atomic E-state index is 0.697. The molecule has 0 fully saturated rings. The summed E-state index contributed by atoms with van der Waals surface area (Å²) in [7, 11) is 0. The highest BCUT2D eigenvalue weighted by Gasteiger charge is 2.17. The van der Waals surface area contributed by atoms with E-state index in [0.717, 1.165) is 49.0 Å². The number of nitrogen functional groups attached to an aromatic ring is 1. The first-order chi connectivity index (χ1) is 10.1. The normalized spacial score (nSPS) is 11.0. The second-order valence-corrected chi connectivity index (χ2v) is 5.55. The van der Waals surface area contributed by atoms with E-state index < -0.39 is 0 Å². The molecule has 0 saturated heterocycles. The lowest BCUT2D eigenvalue weighted by Crippen LogP contribution is -2.31. The molecule has 0 radical (unpaired) electrons. The molecular weight excluding hydrogens is 262 g/mol. The van der Waals surface area contributed by atoms with Gasteiger partial charge >= 0.3 is 0 Å². The Kier molecular flexibility index (Phi) is 7.43. The van der Waals surface area contributed by atoms with Gasteiger partial charge in [-0.15, -0.1) is 0 Å². The molecule has 1 aromatic rings. The first kappa shape index (κ1) is 17.7. The Morgan fingerprint density at radius 1 is 1.14 bits per heavy atom. The number of aryl methyl sites for hydroxylation is 1. The third kappa shape index (κ3) is 4.56. The first-order valence-electron chi connectivity index (χ1n) is 8.20. The molecular formula is C16H31N5. The Morgan fingerprint density at radius 3 is 2.29 bits per heavy atom. The summed E-state index contributed by atoms with van der Waals surface area (Å²) in [5, 5.41) is 0. The third-order valence-corrected chi connectivity index (χ3v) is 4.09.